The quantitative estimate of drug-likeness (QED) is 0.916. The van der Waals surface area contributed by atoms with Crippen molar-refractivity contribution < 1.29 is 0 Å². The molecule has 0 radical (unpaired) electrons. The van der Waals surface area contributed by atoms with Crippen LogP contribution in [0.15, 0.2) is 36.9 Å². The smallest absolute Gasteiger partial charge is 0.138 e. The fourth-order valence-corrected chi connectivity index (χ4v) is 2.85. The van der Waals surface area contributed by atoms with E-state index in [1.54, 1.807) is 17.3 Å². The first-order valence-corrected chi connectivity index (χ1v) is 6.87. The molecule has 0 aliphatic heterocycles. The molecule has 4 heteroatoms. The number of nitrogens with zero attached hydrogens (tertiary/aromatic N) is 3. The topological polar surface area (TPSA) is 42.7 Å². The molecule has 1 N–H and O–H groups in total. The van der Waals surface area contributed by atoms with Crippen molar-refractivity contribution in [3.63, 3.8) is 0 Å². The molecule has 1 heterocycles. The van der Waals surface area contributed by atoms with Gasteiger partial charge in [-0.15, -0.1) is 0 Å². The van der Waals surface area contributed by atoms with Gasteiger partial charge in [0.05, 0.1) is 5.69 Å². The predicted octanol–water partition coefficient (Wildman–Crippen LogP) is 3.26. The Morgan fingerprint density at radius 3 is 2.63 bits per heavy atom. The van der Waals surface area contributed by atoms with Crippen LogP contribution in [0.5, 0.6) is 0 Å². The lowest BCUT2D eigenvalue weighted by Gasteiger charge is -2.28. The normalized spacial score (nSPS) is 21.5. The van der Waals surface area contributed by atoms with E-state index in [1.165, 1.54) is 24.9 Å². The van der Waals surface area contributed by atoms with Gasteiger partial charge in [-0.2, -0.15) is 5.10 Å². The Labute approximate surface area is 113 Å². The molecule has 0 amide bonds. The Hall–Kier alpha value is -1.84. The first-order chi connectivity index (χ1) is 9.15. The molecule has 19 heavy (non-hydrogen) atoms. The van der Waals surface area contributed by atoms with Crippen molar-refractivity contribution in [2.75, 3.05) is 5.32 Å². The minimum absolute atomic E-state index is 0.393. The second kappa shape index (κ2) is 4.68. The first-order valence-electron chi connectivity index (χ1n) is 6.87. The molecule has 2 aromatic rings. The molecule has 1 atom stereocenters. The van der Waals surface area contributed by atoms with Crippen LogP contribution in [0.3, 0.4) is 0 Å². The fourth-order valence-electron chi connectivity index (χ4n) is 2.85. The standard InChI is InChI=1S/C15H20N4/c1-15(2)9-3-4-14(15)18-12-5-7-13(8-6-12)19-11-16-10-17-19/h5-8,10-11,14,18H,3-4,9H2,1-2H3. The van der Waals surface area contributed by atoms with Gasteiger partial charge < -0.3 is 5.32 Å². The van der Waals surface area contributed by atoms with E-state index < -0.39 is 0 Å². The number of hydrogen-bond donors (Lipinski definition) is 1. The van der Waals surface area contributed by atoms with Crippen LogP contribution in [-0.4, -0.2) is 20.8 Å². The molecule has 1 aliphatic rings. The van der Waals surface area contributed by atoms with Gasteiger partial charge in [0.25, 0.3) is 0 Å². The number of aromatic nitrogens is 3. The minimum atomic E-state index is 0.393. The molecule has 3 rings (SSSR count). The molecule has 0 bridgehead atoms. The van der Waals surface area contributed by atoms with Crippen LogP contribution in [0.4, 0.5) is 5.69 Å². The zero-order valence-corrected chi connectivity index (χ0v) is 11.5. The van der Waals surface area contributed by atoms with Crippen LogP contribution < -0.4 is 5.32 Å². The monoisotopic (exact) mass is 256 g/mol. The van der Waals surface area contributed by atoms with Gasteiger partial charge in [0, 0.05) is 11.7 Å². The number of anilines is 1. The van der Waals surface area contributed by atoms with Crippen LogP contribution in [0, 0.1) is 5.41 Å². The summed E-state index contributed by atoms with van der Waals surface area (Å²) in [6, 6.07) is 8.94. The van der Waals surface area contributed by atoms with Gasteiger partial charge in [-0.25, -0.2) is 9.67 Å². The highest BCUT2D eigenvalue weighted by Gasteiger charge is 2.34. The molecule has 4 nitrogen and oxygen atoms in total. The summed E-state index contributed by atoms with van der Waals surface area (Å²) in [6.07, 6.45) is 7.15. The van der Waals surface area contributed by atoms with E-state index in [0.29, 0.717) is 11.5 Å². The Bertz CT molecular complexity index is 528. The first kappa shape index (κ1) is 12.2. The second-order valence-corrected chi connectivity index (χ2v) is 5.96. The van der Waals surface area contributed by atoms with E-state index in [1.807, 2.05) is 0 Å². The summed E-state index contributed by atoms with van der Waals surface area (Å²) >= 11 is 0. The minimum Gasteiger partial charge on any atom is -0.382 e. The van der Waals surface area contributed by atoms with Crippen LogP contribution in [-0.2, 0) is 0 Å². The van der Waals surface area contributed by atoms with E-state index in [4.69, 9.17) is 0 Å². The molecule has 1 unspecified atom stereocenters. The molecule has 1 aliphatic carbocycles. The van der Waals surface area contributed by atoms with E-state index in [-0.39, 0.29) is 0 Å². The highest BCUT2D eigenvalue weighted by Crippen LogP contribution is 2.38. The molecule has 1 fully saturated rings. The number of rotatable bonds is 3. The summed E-state index contributed by atoms with van der Waals surface area (Å²) in [5.74, 6) is 0. The lowest BCUT2D eigenvalue weighted by molar-refractivity contribution is 0.350. The summed E-state index contributed by atoms with van der Waals surface area (Å²) in [6.45, 7) is 4.70. The highest BCUT2D eigenvalue weighted by atomic mass is 15.3. The van der Waals surface area contributed by atoms with Gasteiger partial charge in [-0.1, -0.05) is 20.3 Å². The van der Waals surface area contributed by atoms with Crippen LogP contribution >= 0.6 is 0 Å². The average Bonchev–Trinajstić information content (AvgIpc) is 3.01. The average molecular weight is 256 g/mol. The molecule has 1 saturated carbocycles. The lowest BCUT2D eigenvalue weighted by Crippen LogP contribution is -2.30. The molecule has 1 aromatic heterocycles. The molecule has 0 spiro atoms. The third-order valence-corrected chi connectivity index (χ3v) is 4.15. The van der Waals surface area contributed by atoms with Crippen LogP contribution in [0.2, 0.25) is 0 Å². The summed E-state index contributed by atoms with van der Waals surface area (Å²) in [5, 5.41) is 7.79. The zero-order valence-electron chi connectivity index (χ0n) is 11.5. The van der Waals surface area contributed by atoms with Gasteiger partial charge in [-0.05, 0) is 42.5 Å². The third kappa shape index (κ3) is 2.48. The SMILES string of the molecule is CC1(C)CCCC1Nc1ccc(-n2cncn2)cc1. The van der Waals surface area contributed by atoms with Crippen molar-refractivity contribution in [3.05, 3.63) is 36.9 Å². The Morgan fingerprint density at radius 2 is 2.05 bits per heavy atom. The molecule has 100 valence electrons. The maximum atomic E-state index is 4.13. The van der Waals surface area contributed by atoms with E-state index in [9.17, 15) is 0 Å². The summed E-state index contributed by atoms with van der Waals surface area (Å²) in [4.78, 5) is 3.96. The van der Waals surface area contributed by atoms with Crippen molar-refractivity contribution in [1.82, 2.24) is 14.8 Å². The van der Waals surface area contributed by atoms with Gasteiger partial charge >= 0.3 is 0 Å². The molecular weight excluding hydrogens is 236 g/mol. The Morgan fingerprint density at radius 1 is 1.26 bits per heavy atom. The maximum Gasteiger partial charge on any atom is 0.138 e. The lowest BCUT2D eigenvalue weighted by atomic mass is 9.87. The fraction of sp³-hybridized carbons (Fsp3) is 0.467. The second-order valence-electron chi connectivity index (χ2n) is 5.96. The van der Waals surface area contributed by atoms with Crippen molar-refractivity contribution in [1.29, 1.82) is 0 Å². The number of nitrogens with one attached hydrogen (secondary N) is 1. The molecule has 1 aromatic carbocycles. The number of hydrogen-bond acceptors (Lipinski definition) is 3. The third-order valence-electron chi connectivity index (χ3n) is 4.15. The van der Waals surface area contributed by atoms with Crippen LogP contribution in [0.1, 0.15) is 33.1 Å². The summed E-state index contributed by atoms with van der Waals surface area (Å²) in [7, 11) is 0. The van der Waals surface area contributed by atoms with E-state index in [2.05, 4.69) is 53.5 Å². The number of benzene rings is 1. The van der Waals surface area contributed by atoms with Gasteiger partial charge in [-0.3, -0.25) is 0 Å². The van der Waals surface area contributed by atoms with E-state index in [0.717, 1.165) is 5.69 Å². The predicted molar refractivity (Wildman–Crippen MR) is 76.4 cm³/mol. The Kier molecular flexibility index (Phi) is 3.01. The van der Waals surface area contributed by atoms with Crippen LogP contribution in [0.25, 0.3) is 5.69 Å². The molecule has 0 saturated heterocycles. The van der Waals surface area contributed by atoms with Gasteiger partial charge in [0.2, 0.25) is 0 Å². The highest BCUT2D eigenvalue weighted by molar-refractivity contribution is 5.49. The Balaban J connectivity index is 1.73. The summed E-state index contributed by atoms with van der Waals surface area (Å²) < 4.78 is 1.77. The van der Waals surface area contributed by atoms with Gasteiger partial charge in [0.15, 0.2) is 0 Å². The maximum absolute atomic E-state index is 4.13. The summed E-state index contributed by atoms with van der Waals surface area (Å²) in [5.41, 5.74) is 2.61. The van der Waals surface area contributed by atoms with E-state index >= 15 is 0 Å². The molecular formula is C15H20N4. The zero-order chi connectivity index (χ0) is 13.3. The van der Waals surface area contributed by atoms with Crippen molar-refractivity contribution in [3.8, 4) is 5.69 Å². The van der Waals surface area contributed by atoms with Gasteiger partial charge in [0.1, 0.15) is 12.7 Å². The van der Waals surface area contributed by atoms with Crippen molar-refractivity contribution in [2.24, 2.45) is 5.41 Å². The van der Waals surface area contributed by atoms with Crippen molar-refractivity contribution >= 4 is 5.69 Å². The largest absolute Gasteiger partial charge is 0.382 e. The van der Waals surface area contributed by atoms with Crippen molar-refractivity contribution in [2.45, 2.75) is 39.2 Å².